The second kappa shape index (κ2) is 12.3. The van der Waals surface area contributed by atoms with Crippen LogP contribution in [0.25, 0.3) is 41.8 Å². The van der Waals surface area contributed by atoms with E-state index in [0.29, 0.717) is 25.7 Å². The Kier molecular flexibility index (Phi) is 8.53. The van der Waals surface area contributed by atoms with Gasteiger partial charge in [-0.15, -0.1) is 0 Å². The van der Waals surface area contributed by atoms with E-state index in [1.54, 1.807) is 0 Å². The van der Waals surface area contributed by atoms with Gasteiger partial charge in [0.1, 0.15) is 12.2 Å². The molecule has 6 rings (SSSR count). The second-order valence-electron chi connectivity index (χ2n) is 11.8. The van der Waals surface area contributed by atoms with E-state index in [9.17, 15) is 22.1 Å². The molecule has 6 fully saturated rings. The predicted octanol–water partition coefficient (Wildman–Crippen LogP) is 5.74. The minimum absolute atomic E-state index is 0.152. The molecule has 0 N–H and O–H groups in total. The number of ether oxygens (including phenoxy) is 6. The standard InChI is InChI=1S/C24H34N12O6/c25-33-29-13-11-14(30-34-26)19-21(42-24(40-19)9-5-2-6-10-24)18(13)39-22-17(32-36-28)16(31-35-27)20-15(38-22)12-37-23(41-20)7-3-1-4-8-23/h13-22H,1-12H2/t13?,14-,15?,16-,17?,18-,19?,20-,21+,22-/m1/s1. The van der Waals surface area contributed by atoms with Gasteiger partial charge in [-0.25, -0.2) is 0 Å². The average Bonchev–Trinajstić information content (AvgIpc) is 3.36. The van der Waals surface area contributed by atoms with E-state index in [1.807, 2.05) is 0 Å². The van der Waals surface area contributed by atoms with Crippen LogP contribution in [-0.4, -0.2) is 79.2 Å². The van der Waals surface area contributed by atoms with Gasteiger partial charge < -0.3 is 28.4 Å². The Labute approximate surface area is 240 Å². The van der Waals surface area contributed by atoms with E-state index in [2.05, 4.69) is 40.1 Å². The number of hydrogen-bond acceptors (Lipinski definition) is 10. The molecule has 0 aromatic carbocycles. The fourth-order valence-electron chi connectivity index (χ4n) is 7.49. The van der Waals surface area contributed by atoms with Crippen LogP contribution in [0.15, 0.2) is 20.5 Å². The van der Waals surface area contributed by atoms with Gasteiger partial charge in [0, 0.05) is 45.3 Å². The van der Waals surface area contributed by atoms with E-state index in [-0.39, 0.29) is 13.0 Å². The van der Waals surface area contributed by atoms with Crippen LogP contribution in [-0.2, 0) is 28.4 Å². The minimum atomic E-state index is -1.21. The Balaban J connectivity index is 1.31. The number of nitrogens with zero attached hydrogens (tertiary/aromatic N) is 12. The maximum atomic E-state index is 9.50. The molecule has 0 radical (unpaired) electrons. The normalized spacial score (nSPS) is 41.6. The van der Waals surface area contributed by atoms with Crippen LogP contribution >= 0.6 is 0 Å². The van der Waals surface area contributed by atoms with Gasteiger partial charge in [-0.3, -0.25) is 0 Å². The molecule has 0 aromatic heterocycles. The molecule has 0 bridgehead atoms. The molecule has 3 heterocycles. The summed E-state index contributed by atoms with van der Waals surface area (Å²) in [5, 5.41) is 15.9. The van der Waals surface area contributed by atoms with Crippen molar-refractivity contribution in [1.29, 1.82) is 0 Å². The summed E-state index contributed by atoms with van der Waals surface area (Å²) in [7, 11) is 0. The zero-order valence-corrected chi connectivity index (χ0v) is 23.1. The monoisotopic (exact) mass is 586 g/mol. The summed E-state index contributed by atoms with van der Waals surface area (Å²) in [5.74, 6) is -1.66. The van der Waals surface area contributed by atoms with Crippen molar-refractivity contribution in [3.05, 3.63) is 41.8 Å². The molecule has 18 nitrogen and oxygen atoms in total. The van der Waals surface area contributed by atoms with E-state index >= 15 is 0 Å². The van der Waals surface area contributed by atoms with Gasteiger partial charge in [-0.05, 0) is 54.2 Å². The maximum absolute atomic E-state index is 9.50. The van der Waals surface area contributed by atoms with Crippen molar-refractivity contribution in [1.82, 2.24) is 0 Å². The van der Waals surface area contributed by atoms with Gasteiger partial charge in [-0.2, -0.15) is 0 Å². The third-order valence-corrected chi connectivity index (χ3v) is 9.38. The number of rotatable bonds is 6. The molecule has 226 valence electrons. The summed E-state index contributed by atoms with van der Waals surface area (Å²) in [4.78, 5) is 12.0. The first kappa shape index (κ1) is 29.1. The highest BCUT2D eigenvalue weighted by atomic mass is 16.8. The van der Waals surface area contributed by atoms with Crippen LogP contribution in [0.1, 0.15) is 70.6 Å². The summed E-state index contributed by atoms with van der Waals surface area (Å²) in [6.07, 6.45) is 3.83. The molecule has 0 amide bonds. The van der Waals surface area contributed by atoms with Gasteiger partial charge in [0.25, 0.3) is 0 Å². The predicted molar refractivity (Wildman–Crippen MR) is 142 cm³/mol. The summed E-state index contributed by atoms with van der Waals surface area (Å²) in [6, 6.07) is -3.51. The van der Waals surface area contributed by atoms with Gasteiger partial charge in [0.15, 0.2) is 17.9 Å². The maximum Gasteiger partial charge on any atom is 0.169 e. The Morgan fingerprint density at radius 1 is 0.619 bits per heavy atom. The third kappa shape index (κ3) is 5.43. The summed E-state index contributed by atoms with van der Waals surface area (Å²) >= 11 is 0. The lowest BCUT2D eigenvalue weighted by Crippen LogP contribution is -2.66. The Hall–Kier alpha value is -3.00. The molecule has 6 aliphatic rings. The molecule has 0 aromatic rings. The van der Waals surface area contributed by atoms with Crippen molar-refractivity contribution in [3.8, 4) is 0 Å². The average molecular weight is 587 g/mol. The summed E-state index contributed by atoms with van der Waals surface area (Å²) in [5.41, 5.74) is 37.6. The zero-order chi connectivity index (χ0) is 29.2. The number of fused-ring (bicyclic) bond motifs is 2. The van der Waals surface area contributed by atoms with Crippen molar-refractivity contribution in [2.45, 2.75) is 143 Å². The molecule has 4 unspecified atom stereocenters. The van der Waals surface area contributed by atoms with Crippen LogP contribution in [0.5, 0.6) is 0 Å². The summed E-state index contributed by atoms with van der Waals surface area (Å²) in [6.45, 7) is 0.170. The van der Waals surface area contributed by atoms with E-state index in [4.69, 9.17) is 28.4 Å². The van der Waals surface area contributed by atoms with Gasteiger partial charge in [0.05, 0.1) is 49.1 Å². The van der Waals surface area contributed by atoms with Crippen molar-refractivity contribution in [2.75, 3.05) is 6.61 Å². The molecular formula is C24H34N12O6. The molecule has 18 heteroatoms. The smallest absolute Gasteiger partial charge is 0.169 e. The molecule has 3 aliphatic heterocycles. The van der Waals surface area contributed by atoms with Crippen LogP contribution in [0, 0.1) is 0 Å². The fraction of sp³-hybridized carbons (Fsp3) is 1.00. The van der Waals surface area contributed by atoms with Crippen LogP contribution in [0.3, 0.4) is 0 Å². The highest BCUT2D eigenvalue weighted by Gasteiger charge is 2.60. The minimum Gasteiger partial charge on any atom is -0.347 e. The lowest BCUT2D eigenvalue weighted by molar-refractivity contribution is -0.375. The molecule has 3 saturated carbocycles. The lowest BCUT2D eigenvalue weighted by Gasteiger charge is -2.52. The molecule has 2 spiro atoms. The lowest BCUT2D eigenvalue weighted by atomic mass is 9.84. The Morgan fingerprint density at radius 3 is 1.86 bits per heavy atom. The van der Waals surface area contributed by atoms with Crippen molar-refractivity contribution in [3.63, 3.8) is 0 Å². The Morgan fingerprint density at radius 2 is 1.19 bits per heavy atom. The zero-order valence-electron chi connectivity index (χ0n) is 23.1. The molecular weight excluding hydrogens is 552 g/mol. The van der Waals surface area contributed by atoms with Crippen molar-refractivity contribution in [2.24, 2.45) is 20.5 Å². The van der Waals surface area contributed by atoms with Crippen molar-refractivity contribution < 1.29 is 28.4 Å². The molecule has 3 aliphatic carbocycles. The fourth-order valence-corrected chi connectivity index (χ4v) is 7.49. The first-order valence-electron chi connectivity index (χ1n) is 14.7. The SMILES string of the molecule is [N-]=[N+]=NC1[C@@H](O[C@@H]2C(N=[N+]=[N-])C[C@@H](N=[N+]=[N-])C3OC4(CCCCC4)O[C@H]32)OC2COC3(CCCCC3)O[C@H]2[C@@H]1N=[N+]=[N-]. The van der Waals surface area contributed by atoms with Gasteiger partial charge in [0.2, 0.25) is 0 Å². The van der Waals surface area contributed by atoms with Crippen LogP contribution < -0.4 is 0 Å². The van der Waals surface area contributed by atoms with Crippen LogP contribution in [0.4, 0.5) is 0 Å². The number of azide groups is 4. The quantitative estimate of drug-likeness (QED) is 0.213. The first-order valence-corrected chi connectivity index (χ1v) is 14.7. The topological polar surface area (TPSA) is 250 Å². The van der Waals surface area contributed by atoms with E-state index in [0.717, 1.165) is 38.5 Å². The first-order chi connectivity index (χ1) is 20.5. The van der Waals surface area contributed by atoms with Crippen LogP contribution in [0.2, 0.25) is 0 Å². The molecule has 3 saturated heterocycles. The molecule has 42 heavy (non-hydrogen) atoms. The number of hydrogen-bond donors (Lipinski definition) is 0. The molecule has 10 atom stereocenters. The second-order valence-corrected chi connectivity index (χ2v) is 11.8. The van der Waals surface area contributed by atoms with Gasteiger partial charge >= 0.3 is 0 Å². The summed E-state index contributed by atoms with van der Waals surface area (Å²) < 4.78 is 38.5. The Bertz CT molecular complexity index is 1200. The largest absolute Gasteiger partial charge is 0.347 e. The third-order valence-electron chi connectivity index (χ3n) is 9.38. The van der Waals surface area contributed by atoms with E-state index < -0.39 is 72.6 Å². The highest BCUT2D eigenvalue weighted by molar-refractivity contribution is 5.08. The van der Waals surface area contributed by atoms with E-state index in [1.165, 1.54) is 0 Å². The van der Waals surface area contributed by atoms with Crippen molar-refractivity contribution >= 4 is 0 Å². The van der Waals surface area contributed by atoms with Gasteiger partial charge in [-0.1, -0.05) is 33.3 Å². The highest BCUT2D eigenvalue weighted by Crippen LogP contribution is 2.48.